The van der Waals surface area contributed by atoms with Crippen LogP contribution in [0, 0.1) is 11.8 Å². The maximum Gasteiger partial charge on any atom is 0.303 e. The summed E-state index contributed by atoms with van der Waals surface area (Å²) in [6, 6.07) is 3.28. The standard InChI is InChI=1S/C32H53N9O7/c1-5-19(4)26(27(34)44)41-29(46)22(12-9-15-37-32(35)36)38-30(47)23(16-18(2)3)40-31(48)24(17-20-10-7-6-8-11-20)39-28(45)21(33)13-14-25(42)43/h6-8,10-11,18-19,21-24,26H,5,9,12-17,33H2,1-4H3,(H2,34,44)(H,38,47)(H,39,45)(H,40,48)(H,41,46)(H,42,43)(H4,35,36,37)/t19-,21-,22-,23-,24-,26-/m0/s1. The molecule has 16 nitrogen and oxygen atoms in total. The van der Waals surface area contributed by atoms with Crippen molar-refractivity contribution in [3.63, 3.8) is 0 Å². The first-order chi connectivity index (χ1) is 22.5. The average molecular weight is 676 g/mol. The lowest BCUT2D eigenvalue weighted by Gasteiger charge is -2.28. The van der Waals surface area contributed by atoms with Crippen molar-refractivity contribution in [3.8, 4) is 0 Å². The van der Waals surface area contributed by atoms with E-state index in [1.165, 1.54) is 0 Å². The lowest BCUT2D eigenvalue weighted by atomic mass is 9.97. The average Bonchev–Trinajstić information content (AvgIpc) is 3.02. The van der Waals surface area contributed by atoms with Crippen molar-refractivity contribution in [2.24, 2.45) is 39.8 Å². The number of amides is 5. The van der Waals surface area contributed by atoms with Crippen LogP contribution in [0.15, 0.2) is 35.3 Å². The van der Waals surface area contributed by atoms with Gasteiger partial charge in [0.1, 0.15) is 24.2 Å². The van der Waals surface area contributed by atoms with Gasteiger partial charge in [-0.3, -0.25) is 33.8 Å². The fraction of sp³-hybridized carbons (Fsp3) is 0.594. The Morgan fingerprint density at radius 2 is 1.35 bits per heavy atom. The lowest BCUT2D eigenvalue weighted by Crippen LogP contribution is -2.59. The molecule has 0 aliphatic rings. The van der Waals surface area contributed by atoms with Crippen molar-refractivity contribution in [1.82, 2.24) is 21.3 Å². The van der Waals surface area contributed by atoms with Crippen LogP contribution >= 0.6 is 0 Å². The molecule has 0 aromatic heterocycles. The SMILES string of the molecule is CC[C@H](C)[C@H](NC(=O)[C@H](CCCN=C(N)N)NC(=O)[C@H](CC(C)C)NC(=O)[C@H](Cc1ccccc1)NC(=O)[C@@H](N)CCC(=O)O)C(N)=O. The first kappa shape index (κ1) is 41.3. The molecule has 1 aromatic carbocycles. The molecule has 6 atom stereocenters. The van der Waals surface area contributed by atoms with E-state index in [9.17, 15) is 28.8 Å². The number of aliphatic carboxylic acids is 1. The number of carbonyl (C=O) groups excluding carboxylic acids is 5. The number of aliphatic imine (C=N–C) groups is 1. The van der Waals surface area contributed by atoms with Crippen LogP contribution in [0.25, 0.3) is 0 Å². The van der Waals surface area contributed by atoms with E-state index in [1.54, 1.807) is 37.3 Å². The molecule has 0 aliphatic carbocycles. The molecule has 0 unspecified atom stereocenters. The summed E-state index contributed by atoms with van der Waals surface area (Å²) in [6.07, 6.45) is 0.724. The van der Waals surface area contributed by atoms with Crippen LogP contribution in [0.1, 0.15) is 71.8 Å². The minimum Gasteiger partial charge on any atom is -0.481 e. The van der Waals surface area contributed by atoms with Crippen LogP contribution < -0.4 is 44.2 Å². The molecule has 0 bridgehead atoms. The number of nitrogens with two attached hydrogens (primary N) is 4. The van der Waals surface area contributed by atoms with E-state index in [4.69, 9.17) is 28.0 Å². The van der Waals surface area contributed by atoms with Crippen LogP contribution in [-0.4, -0.2) is 83.3 Å². The van der Waals surface area contributed by atoms with Gasteiger partial charge in [-0.15, -0.1) is 0 Å². The van der Waals surface area contributed by atoms with Crippen LogP contribution in [0.5, 0.6) is 0 Å². The summed E-state index contributed by atoms with van der Waals surface area (Å²) in [5.74, 6) is -5.03. The second kappa shape index (κ2) is 21.2. The molecular weight excluding hydrogens is 622 g/mol. The first-order valence-electron chi connectivity index (χ1n) is 16.1. The summed E-state index contributed by atoms with van der Waals surface area (Å²) < 4.78 is 0. The Labute approximate surface area is 281 Å². The molecule has 0 aliphatic heterocycles. The largest absolute Gasteiger partial charge is 0.481 e. The van der Waals surface area contributed by atoms with E-state index in [1.807, 2.05) is 20.8 Å². The van der Waals surface area contributed by atoms with Crippen molar-refractivity contribution in [2.75, 3.05) is 6.54 Å². The molecule has 0 saturated carbocycles. The molecule has 1 rings (SSSR count). The highest BCUT2D eigenvalue weighted by Crippen LogP contribution is 2.12. The molecule has 48 heavy (non-hydrogen) atoms. The van der Waals surface area contributed by atoms with Gasteiger partial charge < -0.3 is 49.3 Å². The number of carboxylic acids is 1. The van der Waals surface area contributed by atoms with E-state index in [0.29, 0.717) is 18.4 Å². The van der Waals surface area contributed by atoms with E-state index in [-0.39, 0.29) is 56.4 Å². The van der Waals surface area contributed by atoms with Crippen LogP contribution in [-0.2, 0) is 35.2 Å². The van der Waals surface area contributed by atoms with E-state index in [0.717, 1.165) is 0 Å². The zero-order valence-corrected chi connectivity index (χ0v) is 28.2. The zero-order valence-electron chi connectivity index (χ0n) is 28.2. The number of carbonyl (C=O) groups is 6. The Kier molecular flexibility index (Phi) is 18.2. The minimum atomic E-state index is -1.18. The Hall–Kier alpha value is -4.73. The number of guanidine groups is 1. The van der Waals surface area contributed by atoms with E-state index >= 15 is 0 Å². The summed E-state index contributed by atoms with van der Waals surface area (Å²) in [4.78, 5) is 80.6. The number of hydrogen-bond acceptors (Lipinski definition) is 8. The number of rotatable bonds is 22. The fourth-order valence-corrected chi connectivity index (χ4v) is 4.75. The molecular formula is C32H53N9O7. The van der Waals surface area contributed by atoms with Crippen molar-refractivity contribution in [2.45, 2.75) is 103 Å². The molecule has 16 heteroatoms. The summed E-state index contributed by atoms with van der Waals surface area (Å²) >= 11 is 0. The van der Waals surface area contributed by atoms with E-state index in [2.05, 4.69) is 26.3 Å². The van der Waals surface area contributed by atoms with E-state index < -0.39 is 65.7 Å². The predicted molar refractivity (Wildman–Crippen MR) is 181 cm³/mol. The van der Waals surface area contributed by atoms with Crippen molar-refractivity contribution >= 4 is 41.5 Å². The number of carboxylic acid groups (broad SMARTS) is 1. The Bertz CT molecular complexity index is 1260. The molecule has 0 saturated heterocycles. The highest BCUT2D eigenvalue weighted by atomic mass is 16.4. The van der Waals surface area contributed by atoms with Gasteiger partial charge in [0.05, 0.1) is 6.04 Å². The van der Waals surface area contributed by atoms with Gasteiger partial charge in [0, 0.05) is 19.4 Å². The third-order valence-corrected chi connectivity index (χ3v) is 7.66. The lowest BCUT2D eigenvalue weighted by molar-refractivity contribution is -0.137. The first-order valence-corrected chi connectivity index (χ1v) is 16.1. The molecule has 1 aromatic rings. The normalized spacial score (nSPS) is 14.7. The summed E-state index contributed by atoms with van der Waals surface area (Å²) in [6.45, 7) is 7.48. The van der Waals surface area contributed by atoms with Gasteiger partial charge in [-0.2, -0.15) is 0 Å². The topological polar surface area (TPSA) is 287 Å². The summed E-state index contributed by atoms with van der Waals surface area (Å²) in [7, 11) is 0. The summed E-state index contributed by atoms with van der Waals surface area (Å²) in [5.41, 5.74) is 23.0. The molecule has 0 radical (unpaired) electrons. The van der Waals surface area contributed by atoms with Gasteiger partial charge in [-0.1, -0.05) is 64.4 Å². The van der Waals surface area contributed by atoms with Crippen LogP contribution in [0.2, 0.25) is 0 Å². The fourth-order valence-electron chi connectivity index (χ4n) is 4.75. The summed E-state index contributed by atoms with van der Waals surface area (Å²) in [5, 5.41) is 19.6. The van der Waals surface area contributed by atoms with Crippen molar-refractivity contribution in [3.05, 3.63) is 35.9 Å². The number of nitrogens with zero attached hydrogens (tertiary/aromatic N) is 1. The number of hydrogen-bond donors (Lipinski definition) is 9. The Morgan fingerprint density at radius 3 is 1.90 bits per heavy atom. The maximum absolute atomic E-state index is 13.7. The number of primary amides is 1. The molecule has 268 valence electrons. The minimum absolute atomic E-state index is 0.0556. The monoisotopic (exact) mass is 675 g/mol. The third-order valence-electron chi connectivity index (χ3n) is 7.66. The Balaban J connectivity index is 3.28. The Morgan fingerprint density at radius 1 is 0.792 bits per heavy atom. The van der Waals surface area contributed by atoms with Gasteiger partial charge >= 0.3 is 5.97 Å². The predicted octanol–water partition coefficient (Wildman–Crippen LogP) is -1.01. The highest BCUT2D eigenvalue weighted by Gasteiger charge is 2.33. The molecule has 0 heterocycles. The van der Waals surface area contributed by atoms with Crippen LogP contribution in [0.4, 0.5) is 0 Å². The van der Waals surface area contributed by atoms with Gasteiger partial charge in [-0.05, 0) is 43.1 Å². The molecule has 5 amide bonds. The van der Waals surface area contributed by atoms with Crippen LogP contribution in [0.3, 0.4) is 0 Å². The highest BCUT2D eigenvalue weighted by molar-refractivity contribution is 5.96. The van der Waals surface area contributed by atoms with Gasteiger partial charge in [0.15, 0.2) is 5.96 Å². The quantitative estimate of drug-likeness (QED) is 0.0410. The van der Waals surface area contributed by atoms with Crippen molar-refractivity contribution in [1.29, 1.82) is 0 Å². The van der Waals surface area contributed by atoms with Crippen molar-refractivity contribution < 1.29 is 33.9 Å². The zero-order chi connectivity index (χ0) is 36.4. The molecule has 0 fully saturated rings. The third kappa shape index (κ3) is 15.7. The second-order valence-electron chi connectivity index (χ2n) is 12.3. The second-order valence-corrected chi connectivity index (χ2v) is 12.3. The molecule has 13 N–H and O–H groups in total. The smallest absolute Gasteiger partial charge is 0.303 e. The number of nitrogens with one attached hydrogen (secondary N) is 4. The van der Waals surface area contributed by atoms with Gasteiger partial charge in [0.25, 0.3) is 0 Å². The van der Waals surface area contributed by atoms with Gasteiger partial charge in [0.2, 0.25) is 29.5 Å². The maximum atomic E-state index is 13.7. The van der Waals surface area contributed by atoms with Gasteiger partial charge in [-0.25, -0.2) is 0 Å². The number of benzene rings is 1. The molecule has 0 spiro atoms.